The number of hydrogen-bond acceptors (Lipinski definition) is 4. The summed E-state index contributed by atoms with van der Waals surface area (Å²) in [5.74, 6) is 1.18. The van der Waals surface area contributed by atoms with E-state index in [2.05, 4.69) is 0 Å². The fraction of sp³-hybridized carbons (Fsp3) is 0.133. The lowest BCUT2D eigenvalue weighted by Crippen LogP contribution is -1.97. The molecule has 2 heterocycles. The molecule has 0 N–H and O–H groups in total. The second-order valence-corrected chi connectivity index (χ2v) is 4.48. The Kier molecular flexibility index (Phi) is 2.06. The predicted octanol–water partition coefficient (Wildman–Crippen LogP) is 2.75. The van der Waals surface area contributed by atoms with Crippen LogP contribution in [0.4, 0.5) is 0 Å². The number of benzene rings is 2. The van der Waals surface area contributed by atoms with E-state index in [-0.39, 0.29) is 12.8 Å². The lowest BCUT2D eigenvalue weighted by atomic mass is 9.96. The minimum atomic E-state index is -0.261. The van der Waals surface area contributed by atoms with Crippen molar-refractivity contribution >= 4 is 5.97 Å². The fourth-order valence-corrected chi connectivity index (χ4v) is 2.48. The van der Waals surface area contributed by atoms with Crippen LogP contribution in [0.5, 0.6) is 11.5 Å². The maximum absolute atomic E-state index is 11.8. The van der Waals surface area contributed by atoms with Gasteiger partial charge in [-0.3, -0.25) is 0 Å². The minimum absolute atomic E-state index is 0.244. The first-order chi connectivity index (χ1) is 9.33. The average molecular weight is 254 g/mol. The van der Waals surface area contributed by atoms with Crippen LogP contribution in [0.25, 0.3) is 11.1 Å². The zero-order valence-electron chi connectivity index (χ0n) is 10.0. The van der Waals surface area contributed by atoms with Gasteiger partial charge in [-0.25, -0.2) is 4.79 Å². The Hall–Kier alpha value is -2.49. The number of carbonyl (C=O) groups is 1. The van der Waals surface area contributed by atoms with Gasteiger partial charge in [0, 0.05) is 5.56 Å². The lowest BCUT2D eigenvalue weighted by molar-refractivity contribution is 0.0535. The van der Waals surface area contributed by atoms with Crippen molar-refractivity contribution in [2.24, 2.45) is 0 Å². The molecule has 4 rings (SSSR count). The molecule has 19 heavy (non-hydrogen) atoms. The maximum Gasteiger partial charge on any atom is 0.339 e. The van der Waals surface area contributed by atoms with E-state index in [1.54, 1.807) is 0 Å². The van der Waals surface area contributed by atoms with E-state index < -0.39 is 0 Å². The topological polar surface area (TPSA) is 44.8 Å². The monoisotopic (exact) mass is 254 g/mol. The summed E-state index contributed by atoms with van der Waals surface area (Å²) >= 11 is 0. The molecule has 0 bridgehead atoms. The fourth-order valence-electron chi connectivity index (χ4n) is 2.48. The van der Waals surface area contributed by atoms with Crippen LogP contribution in [0.15, 0.2) is 36.4 Å². The highest BCUT2D eigenvalue weighted by Crippen LogP contribution is 2.38. The van der Waals surface area contributed by atoms with Gasteiger partial charge in [0.05, 0.1) is 5.56 Å². The van der Waals surface area contributed by atoms with Crippen LogP contribution < -0.4 is 9.47 Å². The molecule has 0 aliphatic carbocycles. The summed E-state index contributed by atoms with van der Waals surface area (Å²) < 4.78 is 15.7. The molecule has 0 spiro atoms. The van der Waals surface area contributed by atoms with Gasteiger partial charge in [-0.1, -0.05) is 24.3 Å². The van der Waals surface area contributed by atoms with Crippen LogP contribution in [0.3, 0.4) is 0 Å². The molecule has 0 saturated heterocycles. The molecule has 0 aromatic heterocycles. The number of cyclic esters (lactones) is 1. The third-order valence-electron chi connectivity index (χ3n) is 3.40. The molecule has 0 fully saturated rings. The second-order valence-electron chi connectivity index (χ2n) is 4.48. The number of hydrogen-bond donors (Lipinski definition) is 0. The number of carbonyl (C=O) groups excluding carboxylic acids is 1. The average Bonchev–Trinajstić information content (AvgIpc) is 3.05. The molecule has 2 aliphatic heterocycles. The van der Waals surface area contributed by atoms with Gasteiger partial charge in [0.2, 0.25) is 6.79 Å². The predicted molar refractivity (Wildman–Crippen MR) is 67.1 cm³/mol. The van der Waals surface area contributed by atoms with Crippen molar-refractivity contribution in [3.05, 3.63) is 47.5 Å². The Morgan fingerprint density at radius 3 is 2.79 bits per heavy atom. The Morgan fingerprint density at radius 1 is 0.947 bits per heavy atom. The molecule has 0 unspecified atom stereocenters. The summed E-state index contributed by atoms with van der Waals surface area (Å²) in [6, 6.07) is 11.4. The molecule has 4 nitrogen and oxygen atoms in total. The lowest BCUT2D eigenvalue weighted by Gasteiger charge is -2.06. The van der Waals surface area contributed by atoms with Crippen LogP contribution in [-0.2, 0) is 11.3 Å². The first-order valence-corrected chi connectivity index (χ1v) is 6.02. The van der Waals surface area contributed by atoms with E-state index in [1.807, 2.05) is 36.4 Å². The van der Waals surface area contributed by atoms with Gasteiger partial charge >= 0.3 is 5.97 Å². The van der Waals surface area contributed by atoms with Crippen LogP contribution in [0.2, 0.25) is 0 Å². The summed E-state index contributed by atoms with van der Waals surface area (Å²) in [5.41, 5.74) is 3.39. The van der Waals surface area contributed by atoms with Gasteiger partial charge in [0.25, 0.3) is 0 Å². The number of ether oxygens (including phenoxy) is 3. The van der Waals surface area contributed by atoms with Crippen molar-refractivity contribution in [3.63, 3.8) is 0 Å². The largest absolute Gasteiger partial charge is 0.457 e. The molecule has 2 aromatic rings. The zero-order valence-corrected chi connectivity index (χ0v) is 10.0. The van der Waals surface area contributed by atoms with Crippen molar-refractivity contribution in [3.8, 4) is 22.6 Å². The standard InChI is InChI=1S/C15H10O4/c16-15-14-10(7-17-15)2-1-3-11(14)9-4-5-12-13(6-9)19-8-18-12/h1-6H,7-8H2. The maximum atomic E-state index is 11.8. The van der Waals surface area contributed by atoms with Gasteiger partial charge in [-0.15, -0.1) is 0 Å². The Bertz CT molecular complexity index is 691. The van der Waals surface area contributed by atoms with E-state index in [9.17, 15) is 4.79 Å². The first kappa shape index (κ1) is 10.4. The highest BCUT2D eigenvalue weighted by molar-refractivity contribution is 6.00. The van der Waals surface area contributed by atoms with E-state index >= 15 is 0 Å². The van der Waals surface area contributed by atoms with Crippen LogP contribution >= 0.6 is 0 Å². The molecule has 2 aromatic carbocycles. The smallest absolute Gasteiger partial charge is 0.339 e. The molecule has 94 valence electrons. The molecule has 0 amide bonds. The minimum Gasteiger partial charge on any atom is -0.457 e. The molecule has 0 atom stereocenters. The van der Waals surface area contributed by atoms with E-state index in [0.29, 0.717) is 17.9 Å². The highest BCUT2D eigenvalue weighted by Gasteiger charge is 2.25. The van der Waals surface area contributed by atoms with Gasteiger partial charge in [-0.2, -0.15) is 0 Å². The van der Waals surface area contributed by atoms with Crippen molar-refractivity contribution in [1.29, 1.82) is 0 Å². The normalized spacial score (nSPS) is 15.3. The van der Waals surface area contributed by atoms with Crippen molar-refractivity contribution < 1.29 is 19.0 Å². The van der Waals surface area contributed by atoms with Crippen molar-refractivity contribution in [2.45, 2.75) is 6.61 Å². The van der Waals surface area contributed by atoms with Crippen LogP contribution in [-0.4, -0.2) is 12.8 Å². The molecule has 0 radical (unpaired) electrons. The Labute approximate surface area is 109 Å². The number of rotatable bonds is 1. The summed E-state index contributed by atoms with van der Waals surface area (Å²) in [7, 11) is 0. The third kappa shape index (κ3) is 1.50. The molecular formula is C15H10O4. The highest BCUT2D eigenvalue weighted by atomic mass is 16.7. The quantitative estimate of drug-likeness (QED) is 0.734. The SMILES string of the molecule is O=C1OCc2cccc(-c3ccc4c(c3)OCO4)c21. The van der Waals surface area contributed by atoms with E-state index in [0.717, 1.165) is 22.4 Å². The van der Waals surface area contributed by atoms with E-state index in [1.165, 1.54) is 0 Å². The van der Waals surface area contributed by atoms with E-state index in [4.69, 9.17) is 14.2 Å². The zero-order chi connectivity index (χ0) is 12.8. The Balaban J connectivity index is 1.90. The number of esters is 1. The van der Waals surface area contributed by atoms with Gasteiger partial charge in [0.1, 0.15) is 6.61 Å². The van der Waals surface area contributed by atoms with Gasteiger partial charge in [0.15, 0.2) is 11.5 Å². The van der Waals surface area contributed by atoms with Crippen LogP contribution in [0, 0.1) is 0 Å². The summed E-state index contributed by atoms with van der Waals surface area (Å²) in [5, 5.41) is 0. The Morgan fingerprint density at radius 2 is 1.84 bits per heavy atom. The van der Waals surface area contributed by atoms with Crippen LogP contribution in [0.1, 0.15) is 15.9 Å². The third-order valence-corrected chi connectivity index (χ3v) is 3.40. The van der Waals surface area contributed by atoms with Crippen molar-refractivity contribution in [1.82, 2.24) is 0 Å². The summed E-state index contributed by atoms with van der Waals surface area (Å²) in [6.45, 7) is 0.598. The first-order valence-electron chi connectivity index (χ1n) is 6.02. The molecule has 2 aliphatic rings. The van der Waals surface area contributed by atoms with Crippen molar-refractivity contribution in [2.75, 3.05) is 6.79 Å². The molecule has 0 saturated carbocycles. The second kappa shape index (κ2) is 3.75. The summed E-state index contributed by atoms with van der Waals surface area (Å²) in [6.07, 6.45) is 0. The molecular weight excluding hydrogens is 244 g/mol. The van der Waals surface area contributed by atoms with Gasteiger partial charge < -0.3 is 14.2 Å². The molecule has 4 heteroatoms. The number of fused-ring (bicyclic) bond motifs is 2. The summed E-state index contributed by atoms with van der Waals surface area (Å²) in [4.78, 5) is 11.8. The van der Waals surface area contributed by atoms with Gasteiger partial charge in [-0.05, 0) is 23.3 Å².